The summed E-state index contributed by atoms with van der Waals surface area (Å²) in [6.45, 7) is 7.85. The molecule has 1 fully saturated rings. The van der Waals surface area contributed by atoms with Crippen LogP contribution in [-0.4, -0.2) is 66.7 Å². The van der Waals surface area contributed by atoms with Crippen molar-refractivity contribution in [1.82, 2.24) is 19.8 Å². The molecule has 0 saturated carbocycles. The highest BCUT2D eigenvalue weighted by Gasteiger charge is 2.22. The van der Waals surface area contributed by atoms with Gasteiger partial charge in [0.2, 0.25) is 11.9 Å². The van der Waals surface area contributed by atoms with Gasteiger partial charge in [-0.1, -0.05) is 12.1 Å². The third kappa shape index (κ3) is 4.23. The molecule has 0 radical (unpaired) electrons. The fourth-order valence-corrected chi connectivity index (χ4v) is 3.04. The van der Waals surface area contributed by atoms with E-state index in [1.807, 2.05) is 36.7 Å². The Hall–Kier alpha value is -2.80. The summed E-state index contributed by atoms with van der Waals surface area (Å²) in [4.78, 5) is 20.8. The van der Waals surface area contributed by atoms with Crippen LogP contribution in [0.25, 0.3) is 5.69 Å². The SMILES string of the molecule is C=CCNC(=O)CN1CCN(c2nccn2-c2cccc(OC)c2)CC1. The average Bonchev–Trinajstić information content (AvgIpc) is 3.17. The number of nitrogens with zero attached hydrogens (tertiary/aromatic N) is 4. The van der Waals surface area contributed by atoms with E-state index in [0.29, 0.717) is 13.1 Å². The molecule has 2 aromatic rings. The number of carbonyl (C=O) groups is 1. The Morgan fingerprint density at radius 3 is 2.88 bits per heavy atom. The molecular weight excluding hydrogens is 330 g/mol. The van der Waals surface area contributed by atoms with Crippen molar-refractivity contribution in [2.45, 2.75) is 0 Å². The van der Waals surface area contributed by atoms with Crippen molar-refractivity contribution in [3.63, 3.8) is 0 Å². The molecule has 26 heavy (non-hydrogen) atoms. The lowest BCUT2D eigenvalue weighted by atomic mass is 10.3. The first kappa shape index (κ1) is 18.0. The molecular formula is C19H25N5O2. The summed E-state index contributed by atoms with van der Waals surface area (Å²) in [6, 6.07) is 7.92. The van der Waals surface area contributed by atoms with E-state index in [-0.39, 0.29) is 5.91 Å². The third-order valence-corrected chi connectivity index (χ3v) is 4.42. The lowest BCUT2D eigenvalue weighted by Crippen LogP contribution is -2.50. The van der Waals surface area contributed by atoms with Crippen LogP contribution < -0.4 is 15.0 Å². The Balaban J connectivity index is 1.63. The minimum atomic E-state index is 0.0382. The van der Waals surface area contributed by atoms with Crippen molar-refractivity contribution in [2.24, 2.45) is 0 Å². The summed E-state index contributed by atoms with van der Waals surface area (Å²) in [5.41, 5.74) is 1.02. The highest BCUT2D eigenvalue weighted by atomic mass is 16.5. The lowest BCUT2D eigenvalue weighted by molar-refractivity contribution is -0.122. The number of aromatic nitrogens is 2. The molecule has 1 aliphatic rings. The molecule has 1 amide bonds. The fourth-order valence-electron chi connectivity index (χ4n) is 3.04. The van der Waals surface area contributed by atoms with Gasteiger partial charge in [0.05, 0.1) is 19.3 Å². The Morgan fingerprint density at radius 2 is 2.15 bits per heavy atom. The molecule has 1 aliphatic heterocycles. The number of amides is 1. The van der Waals surface area contributed by atoms with Crippen LogP contribution in [0.1, 0.15) is 0 Å². The van der Waals surface area contributed by atoms with Crippen LogP contribution in [0.4, 0.5) is 5.95 Å². The number of nitrogens with one attached hydrogen (secondary N) is 1. The normalized spacial score (nSPS) is 14.9. The van der Waals surface area contributed by atoms with Crippen LogP contribution in [0.2, 0.25) is 0 Å². The minimum Gasteiger partial charge on any atom is -0.497 e. The number of hydrogen-bond donors (Lipinski definition) is 1. The molecule has 7 heteroatoms. The summed E-state index contributed by atoms with van der Waals surface area (Å²) in [5.74, 6) is 1.77. The largest absolute Gasteiger partial charge is 0.497 e. The van der Waals surface area contributed by atoms with E-state index in [1.54, 1.807) is 13.2 Å². The molecule has 1 aromatic carbocycles. The Morgan fingerprint density at radius 1 is 1.35 bits per heavy atom. The minimum absolute atomic E-state index is 0.0382. The summed E-state index contributed by atoms with van der Waals surface area (Å²) < 4.78 is 7.38. The fraction of sp³-hybridized carbons (Fsp3) is 0.368. The number of anilines is 1. The zero-order valence-corrected chi connectivity index (χ0v) is 15.1. The van der Waals surface area contributed by atoms with Gasteiger partial charge >= 0.3 is 0 Å². The van der Waals surface area contributed by atoms with E-state index >= 15 is 0 Å². The van der Waals surface area contributed by atoms with Crippen LogP contribution in [0.3, 0.4) is 0 Å². The van der Waals surface area contributed by atoms with E-state index in [4.69, 9.17) is 4.74 Å². The van der Waals surface area contributed by atoms with Crippen molar-refractivity contribution < 1.29 is 9.53 Å². The van der Waals surface area contributed by atoms with Gasteiger partial charge in [-0.3, -0.25) is 14.3 Å². The number of carbonyl (C=O) groups excluding carboxylic acids is 1. The molecule has 1 saturated heterocycles. The molecule has 1 N–H and O–H groups in total. The zero-order valence-electron chi connectivity index (χ0n) is 15.1. The molecule has 2 heterocycles. The second-order valence-electron chi connectivity index (χ2n) is 6.15. The van der Waals surface area contributed by atoms with Crippen molar-refractivity contribution in [3.05, 3.63) is 49.3 Å². The number of ether oxygens (including phenoxy) is 1. The number of benzene rings is 1. The van der Waals surface area contributed by atoms with E-state index in [2.05, 4.69) is 31.2 Å². The van der Waals surface area contributed by atoms with Gasteiger partial charge < -0.3 is 15.0 Å². The van der Waals surface area contributed by atoms with Gasteiger partial charge in [0.15, 0.2) is 0 Å². The van der Waals surface area contributed by atoms with Crippen LogP contribution in [0, 0.1) is 0 Å². The van der Waals surface area contributed by atoms with Crippen molar-refractivity contribution >= 4 is 11.9 Å². The summed E-state index contributed by atoms with van der Waals surface area (Å²) in [6.07, 6.45) is 5.46. The standard InChI is InChI=1S/C19H25N5O2/c1-3-7-20-18(25)15-22-10-12-23(13-11-22)19-21-8-9-24(19)16-5-4-6-17(14-16)26-2/h3-6,8-9,14H,1,7,10-13,15H2,2H3,(H,20,25). The predicted octanol–water partition coefficient (Wildman–Crippen LogP) is 1.31. The molecule has 0 aliphatic carbocycles. The molecule has 138 valence electrons. The van der Waals surface area contributed by atoms with E-state index in [0.717, 1.165) is 43.6 Å². The molecule has 0 atom stereocenters. The van der Waals surface area contributed by atoms with Gasteiger partial charge in [0, 0.05) is 51.2 Å². The van der Waals surface area contributed by atoms with Gasteiger partial charge in [-0.05, 0) is 12.1 Å². The smallest absolute Gasteiger partial charge is 0.234 e. The maximum Gasteiger partial charge on any atom is 0.234 e. The molecule has 0 unspecified atom stereocenters. The summed E-state index contributed by atoms with van der Waals surface area (Å²) in [7, 11) is 1.67. The van der Waals surface area contributed by atoms with Crippen LogP contribution >= 0.6 is 0 Å². The molecule has 1 aromatic heterocycles. The molecule has 7 nitrogen and oxygen atoms in total. The Kier molecular flexibility index (Phi) is 5.91. The maximum atomic E-state index is 11.8. The topological polar surface area (TPSA) is 62.6 Å². The lowest BCUT2D eigenvalue weighted by Gasteiger charge is -2.35. The van der Waals surface area contributed by atoms with Crippen molar-refractivity contribution in [1.29, 1.82) is 0 Å². The first-order chi connectivity index (χ1) is 12.7. The van der Waals surface area contributed by atoms with Crippen LogP contribution in [0.5, 0.6) is 5.75 Å². The van der Waals surface area contributed by atoms with Crippen LogP contribution in [-0.2, 0) is 4.79 Å². The first-order valence-electron chi connectivity index (χ1n) is 8.74. The second kappa shape index (κ2) is 8.53. The average molecular weight is 355 g/mol. The van der Waals surface area contributed by atoms with Gasteiger partial charge in [-0.15, -0.1) is 6.58 Å². The van der Waals surface area contributed by atoms with Crippen molar-refractivity contribution in [2.75, 3.05) is 51.3 Å². The molecule has 0 spiro atoms. The van der Waals surface area contributed by atoms with Gasteiger partial charge in [-0.25, -0.2) is 4.98 Å². The predicted molar refractivity (Wildman–Crippen MR) is 102 cm³/mol. The Labute approximate surface area is 153 Å². The third-order valence-electron chi connectivity index (χ3n) is 4.42. The zero-order chi connectivity index (χ0) is 18.4. The second-order valence-corrected chi connectivity index (χ2v) is 6.15. The summed E-state index contributed by atoms with van der Waals surface area (Å²) >= 11 is 0. The maximum absolute atomic E-state index is 11.8. The van der Waals surface area contributed by atoms with Gasteiger partial charge in [-0.2, -0.15) is 0 Å². The number of piperazine rings is 1. The summed E-state index contributed by atoms with van der Waals surface area (Å²) in [5, 5.41) is 2.82. The van der Waals surface area contributed by atoms with Crippen molar-refractivity contribution in [3.8, 4) is 11.4 Å². The van der Waals surface area contributed by atoms with E-state index in [9.17, 15) is 4.79 Å². The van der Waals surface area contributed by atoms with Gasteiger partial charge in [0.1, 0.15) is 5.75 Å². The quantitative estimate of drug-likeness (QED) is 0.759. The molecule has 0 bridgehead atoms. The highest BCUT2D eigenvalue weighted by molar-refractivity contribution is 5.78. The molecule has 3 rings (SSSR count). The number of imidazole rings is 1. The number of rotatable bonds is 7. The number of hydrogen-bond acceptors (Lipinski definition) is 5. The highest BCUT2D eigenvalue weighted by Crippen LogP contribution is 2.22. The van der Waals surface area contributed by atoms with E-state index in [1.165, 1.54) is 0 Å². The first-order valence-corrected chi connectivity index (χ1v) is 8.74. The van der Waals surface area contributed by atoms with Crippen LogP contribution in [0.15, 0.2) is 49.3 Å². The Bertz CT molecular complexity index is 750. The van der Waals surface area contributed by atoms with E-state index < -0.39 is 0 Å². The number of methoxy groups -OCH3 is 1. The monoisotopic (exact) mass is 355 g/mol. The van der Waals surface area contributed by atoms with Gasteiger partial charge in [0.25, 0.3) is 0 Å².